The number of nitrogens with two attached hydrogens (primary N) is 1. The van der Waals surface area contributed by atoms with E-state index >= 15 is 0 Å². The third-order valence-corrected chi connectivity index (χ3v) is 2.88. The van der Waals surface area contributed by atoms with Gasteiger partial charge >= 0.3 is 0 Å². The van der Waals surface area contributed by atoms with Crippen LogP contribution in [0.25, 0.3) is 0 Å². The van der Waals surface area contributed by atoms with Crippen LogP contribution in [0.2, 0.25) is 0 Å². The maximum Gasteiger partial charge on any atom is 0.153 e. The van der Waals surface area contributed by atoms with Crippen molar-refractivity contribution in [2.24, 2.45) is 12.9 Å². The summed E-state index contributed by atoms with van der Waals surface area (Å²) in [5.41, 5.74) is 3.90. The summed E-state index contributed by atoms with van der Waals surface area (Å²) in [4.78, 5) is 3.98. The molecule has 2 aromatic rings. The first-order valence-corrected chi connectivity index (χ1v) is 5.55. The second kappa shape index (κ2) is 4.86. The molecule has 2 aromatic heterocycles. The van der Waals surface area contributed by atoms with Gasteiger partial charge < -0.3 is 0 Å². The number of halogens is 2. The zero-order valence-electron chi connectivity index (χ0n) is 8.93. The van der Waals surface area contributed by atoms with Crippen LogP contribution >= 0.6 is 15.9 Å². The number of pyridine rings is 1. The average Bonchev–Trinajstić information content (AvgIpc) is 2.64. The predicted octanol–water partition coefficient (Wildman–Crippen LogP) is 0.664. The molecule has 90 valence electrons. The fraction of sp³-hybridized carbons (Fsp3) is 0.222. The van der Waals surface area contributed by atoms with Gasteiger partial charge in [0.15, 0.2) is 4.60 Å². The van der Waals surface area contributed by atoms with Gasteiger partial charge in [0.25, 0.3) is 0 Å². The van der Waals surface area contributed by atoms with Crippen LogP contribution in [0.1, 0.15) is 17.4 Å². The van der Waals surface area contributed by atoms with Crippen molar-refractivity contribution >= 4 is 15.9 Å². The molecule has 2 rings (SSSR count). The second-order valence-corrected chi connectivity index (χ2v) is 4.14. The number of rotatable bonds is 3. The molecule has 0 radical (unpaired) electrons. The lowest BCUT2D eigenvalue weighted by Crippen LogP contribution is -2.31. The van der Waals surface area contributed by atoms with Gasteiger partial charge in [0.1, 0.15) is 11.9 Å². The molecule has 1 atom stereocenters. The molecule has 0 spiro atoms. The van der Waals surface area contributed by atoms with E-state index in [1.165, 1.54) is 6.07 Å². The number of hydrazine groups is 1. The largest absolute Gasteiger partial charge is 0.270 e. The normalized spacial score (nSPS) is 12.7. The summed E-state index contributed by atoms with van der Waals surface area (Å²) >= 11 is 3.28. The Bertz CT molecular complexity index is 491. The molecule has 8 heteroatoms. The van der Waals surface area contributed by atoms with Crippen LogP contribution in [0.3, 0.4) is 0 Å². The van der Waals surface area contributed by atoms with Crippen molar-refractivity contribution < 1.29 is 4.39 Å². The summed E-state index contributed by atoms with van der Waals surface area (Å²) in [5.74, 6) is 5.10. The van der Waals surface area contributed by atoms with Gasteiger partial charge in [-0.1, -0.05) is 5.21 Å². The second-order valence-electron chi connectivity index (χ2n) is 3.39. The Hall–Kier alpha value is -1.38. The molecule has 0 amide bonds. The molecule has 17 heavy (non-hydrogen) atoms. The van der Waals surface area contributed by atoms with E-state index in [9.17, 15) is 4.39 Å². The van der Waals surface area contributed by atoms with Crippen LogP contribution in [-0.2, 0) is 7.05 Å². The lowest BCUT2D eigenvalue weighted by atomic mass is 10.1. The first-order valence-electron chi connectivity index (χ1n) is 4.76. The number of nitrogens with one attached hydrogen (secondary N) is 1. The number of aryl methyl sites for hydroxylation is 1. The smallest absolute Gasteiger partial charge is 0.153 e. The Kier molecular flexibility index (Phi) is 3.46. The fourth-order valence-electron chi connectivity index (χ4n) is 1.51. The van der Waals surface area contributed by atoms with Crippen LogP contribution in [0, 0.1) is 5.82 Å². The van der Waals surface area contributed by atoms with Crippen molar-refractivity contribution in [1.29, 1.82) is 0 Å². The molecular formula is C9H10BrFN6. The van der Waals surface area contributed by atoms with Crippen molar-refractivity contribution in [3.63, 3.8) is 0 Å². The van der Waals surface area contributed by atoms with Crippen LogP contribution in [0.5, 0.6) is 0 Å². The highest BCUT2D eigenvalue weighted by Crippen LogP contribution is 2.24. The molecule has 2 heterocycles. The molecule has 0 aliphatic rings. The molecule has 3 N–H and O–H groups in total. The first kappa shape index (κ1) is 12.1. The van der Waals surface area contributed by atoms with E-state index in [2.05, 4.69) is 36.7 Å². The van der Waals surface area contributed by atoms with Gasteiger partial charge in [0, 0.05) is 7.05 Å². The maximum absolute atomic E-state index is 12.8. The number of nitrogens with zero attached hydrogens (tertiary/aromatic N) is 4. The summed E-state index contributed by atoms with van der Waals surface area (Å²) in [5, 5.41) is 7.71. The van der Waals surface area contributed by atoms with E-state index < -0.39 is 11.9 Å². The topological polar surface area (TPSA) is 81.7 Å². The van der Waals surface area contributed by atoms with Gasteiger partial charge in [-0.3, -0.25) is 10.8 Å². The Morgan fingerprint density at radius 1 is 1.53 bits per heavy atom. The summed E-state index contributed by atoms with van der Waals surface area (Å²) < 4.78 is 14.9. The number of hydrogen-bond donors (Lipinski definition) is 2. The van der Waals surface area contributed by atoms with E-state index in [0.29, 0.717) is 16.0 Å². The van der Waals surface area contributed by atoms with Crippen molar-refractivity contribution in [3.05, 3.63) is 40.1 Å². The molecule has 0 aliphatic heterocycles. The van der Waals surface area contributed by atoms with Crippen molar-refractivity contribution in [2.75, 3.05) is 0 Å². The summed E-state index contributed by atoms with van der Waals surface area (Å²) in [6, 6.07) is 2.47. The molecule has 0 saturated heterocycles. The molecule has 0 saturated carbocycles. The highest BCUT2D eigenvalue weighted by atomic mass is 79.9. The molecule has 0 aromatic carbocycles. The Balaban J connectivity index is 2.43. The molecule has 1 unspecified atom stereocenters. The number of hydrogen-bond acceptors (Lipinski definition) is 5. The fourth-order valence-corrected chi connectivity index (χ4v) is 2.06. The SMILES string of the molecule is Cn1nnc(Br)c1C(NN)c1ccc(F)cn1. The van der Waals surface area contributed by atoms with Crippen molar-refractivity contribution in [1.82, 2.24) is 25.4 Å². The van der Waals surface area contributed by atoms with Crippen LogP contribution in [0.15, 0.2) is 22.9 Å². The minimum absolute atomic E-state index is 0.397. The van der Waals surface area contributed by atoms with E-state index in [-0.39, 0.29) is 0 Å². The molecule has 0 fully saturated rings. The standard InChI is InChI=1S/C9H10BrFN6/c1-17-8(9(10)15-16-17)7(14-12)6-3-2-5(11)4-13-6/h2-4,7,14H,12H2,1H3. The minimum atomic E-state index is -0.412. The Morgan fingerprint density at radius 3 is 2.76 bits per heavy atom. The van der Waals surface area contributed by atoms with Gasteiger partial charge in [0.2, 0.25) is 0 Å². The Labute approximate surface area is 105 Å². The van der Waals surface area contributed by atoms with Crippen LogP contribution in [0.4, 0.5) is 4.39 Å². The quantitative estimate of drug-likeness (QED) is 0.643. The summed E-state index contributed by atoms with van der Waals surface area (Å²) in [6.45, 7) is 0. The maximum atomic E-state index is 12.8. The zero-order valence-corrected chi connectivity index (χ0v) is 10.5. The van der Waals surface area contributed by atoms with Crippen molar-refractivity contribution in [2.45, 2.75) is 6.04 Å². The van der Waals surface area contributed by atoms with Gasteiger partial charge in [-0.2, -0.15) is 0 Å². The third kappa shape index (κ3) is 2.33. The third-order valence-electron chi connectivity index (χ3n) is 2.31. The highest BCUT2D eigenvalue weighted by Gasteiger charge is 2.21. The predicted molar refractivity (Wildman–Crippen MR) is 62.1 cm³/mol. The molecular weight excluding hydrogens is 291 g/mol. The first-order chi connectivity index (χ1) is 8.13. The number of aromatic nitrogens is 4. The van der Waals surface area contributed by atoms with Crippen LogP contribution < -0.4 is 11.3 Å². The molecule has 0 bridgehead atoms. The average molecular weight is 301 g/mol. The highest BCUT2D eigenvalue weighted by molar-refractivity contribution is 9.10. The van der Waals surface area contributed by atoms with Gasteiger partial charge in [-0.25, -0.2) is 14.5 Å². The van der Waals surface area contributed by atoms with Crippen LogP contribution in [-0.4, -0.2) is 20.0 Å². The monoisotopic (exact) mass is 300 g/mol. The summed E-state index contributed by atoms with van der Waals surface area (Å²) in [7, 11) is 1.74. The van der Waals surface area contributed by atoms with Crippen molar-refractivity contribution in [3.8, 4) is 0 Å². The van der Waals surface area contributed by atoms with Gasteiger partial charge in [-0.15, -0.1) is 5.10 Å². The van der Waals surface area contributed by atoms with E-state index in [1.807, 2.05) is 0 Å². The Morgan fingerprint density at radius 2 is 2.29 bits per heavy atom. The lowest BCUT2D eigenvalue weighted by molar-refractivity contribution is 0.553. The van der Waals surface area contributed by atoms with Gasteiger partial charge in [-0.05, 0) is 28.1 Å². The van der Waals surface area contributed by atoms with E-state index in [0.717, 1.165) is 6.20 Å². The zero-order chi connectivity index (χ0) is 12.4. The molecule has 0 aliphatic carbocycles. The lowest BCUT2D eigenvalue weighted by Gasteiger charge is -2.15. The van der Waals surface area contributed by atoms with E-state index in [1.54, 1.807) is 17.8 Å². The van der Waals surface area contributed by atoms with Gasteiger partial charge in [0.05, 0.1) is 17.6 Å². The minimum Gasteiger partial charge on any atom is -0.270 e. The summed E-state index contributed by atoms with van der Waals surface area (Å²) in [6.07, 6.45) is 1.14. The van der Waals surface area contributed by atoms with E-state index in [4.69, 9.17) is 5.84 Å². The molecule has 6 nitrogen and oxygen atoms in total.